The minimum Gasteiger partial charge on any atom is -0.358 e. The summed E-state index contributed by atoms with van der Waals surface area (Å²) >= 11 is 0. The fourth-order valence-corrected chi connectivity index (χ4v) is 5.43. The Kier molecular flexibility index (Phi) is 7.90. The Labute approximate surface area is 247 Å². The Balaban J connectivity index is 1.39. The number of likely N-dealkylation sites (N-methyl/N-ethyl adjacent to an activating group) is 1. The van der Waals surface area contributed by atoms with Crippen LogP contribution in [0.15, 0.2) is 54.9 Å². The van der Waals surface area contributed by atoms with E-state index >= 15 is 4.39 Å². The minimum absolute atomic E-state index is 0.0333. The maximum Gasteiger partial charge on any atom is 0.408 e. The third kappa shape index (κ3) is 5.61. The number of hydrogen-bond donors (Lipinski definition) is 2. The summed E-state index contributed by atoms with van der Waals surface area (Å²) in [5.74, 6) is -3.04. The van der Waals surface area contributed by atoms with Crippen molar-refractivity contribution in [2.75, 3.05) is 13.6 Å². The summed E-state index contributed by atoms with van der Waals surface area (Å²) in [6, 6.07) is 5.71. The van der Waals surface area contributed by atoms with Gasteiger partial charge in [0.25, 0.3) is 5.91 Å². The van der Waals surface area contributed by atoms with Crippen LogP contribution in [0.4, 0.5) is 26.7 Å². The number of alkyl halides is 4. The summed E-state index contributed by atoms with van der Waals surface area (Å²) in [6.07, 6.45) is -3.93. The van der Waals surface area contributed by atoms with E-state index in [1.807, 2.05) is 0 Å². The van der Waals surface area contributed by atoms with Gasteiger partial charge in [0.2, 0.25) is 11.8 Å². The van der Waals surface area contributed by atoms with Crippen LogP contribution in [0.2, 0.25) is 0 Å². The van der Waals surface area contributed by atoms with Crippen molar-refractivity contribution in [2.45, 2.75) is 50.4 Å². The first-order valence-corrected chi connectivity index (χ1v) is 13.5. The van der Waals surface area contributed by atoms with Gasteiger partial charge in [-0.3, -0.25) is 24.0 Å². The topological polar surface area (TPSA) is 117 Å². The molecular weight excluding hydrogens is 591 g/mol. The van der Waals surface area contributed by atoms with Crippen molar-refractivity contribution < 1.29 is 41.1 Å². The summed E-state index contributed by atoms with van der Waals surface area (Å²) in [6.45, 7) is -0.862. The van der Waals surface area contributed by atoms with Gasteiger partial charge < -0.3 is 15.5 Å². The Morgan fingerprint density at radius 1 is 1.14 bits per heavy atom. The highest BCUT2D eigenvalue weighted by atomic mass is 19.4. The molecule has 15 heteroatoms. The van der Waals surface area contributed by atoms with Crippen LogP contribution in [0.5, 0.6) is 0 Å². The minimum atomic E-state index is -4.84. The average molecular weight is 619 g/mol. The zero-order valence-electron chi connectivity index (χ0n) is 23.5. The highest BCUT2D eigenvalue weighted by Crippen LogP contribution is 2.49. The van der Waals surface area contributed by atoms with Gasteiger partial charge in [-0.15, -0.1) is 0 Å². The highest BCUT2D eigenvalue weighted by molar-refractivity contribution is 6.10. The van der Waals surface area contributed by atoms with Crippen LogP contribution in [0, 0.1) is 5.82 Å². The molecule has 3 unspecified atom stereocenters. The lowest BCUT2D eigenvalue weighted by Crippen LogP contribution is -2.51. The molecule has 1 aromatic heterocycles. The number of nitrogens with zero attached hydrogens (tertiary/aromatic N) is 4. The van der Waals surface area contributed by atoms with E-state index in [9.17, 15) is 36.7 Å². The second kappa shape index (κ2) is 11.4. The fourth-order valence-electron chi connectivity index (χ4n) is 5.43. The van der Waals surface area contributed by atoms with Crippen LogP contribution in [-0.4, -0.2) is 69.1 Å². The van der Waals surface area contributed by atoms with Crippen molar-refractivity contribution in [1.29, 1.82) is 0 Å². The lowest BCUT2D eigenvalue weighted by atomic mass is 9.90. The maximum atomic E-state index is 15.4. The van der Waals surface area contributed by atoms with Crippen molar-refractivity contribution in [3.63, 3.8) is 0 Å². The van der Waals surface area contributed by atoms with E-state index in [1.165, 1.54) is 42.2 Å². The number of hydrogen-bond acceptors (Lipinski definition) is 5. The molecule has 3 atom stereocenters. The summed E-state index contributed by atoms with van der Waals surface area (Å²) in [4.78, 5) is 52.4. The molecule has 2 aromatic carbocycles. The van der Waals surface area contributed by atoms with Gasteiger partial charge in [-0.05, 0) is 47.4 Å². The van der Waals surface area contributed by atoms with Gasteiger partial charge >= 0.3 is 12.2 Å². The predicted octanol–water partition coefficient (Wildman–Crippen LogP) is 3.58. The molecule has 1 aliphatic heterocycles. The Hall–Kier alpha value is -4.82. The van der Waals surface area contributed by atoms with Crippen LogP contribution in [0.1, 0.15) is 36.2 Å². The van der Waals surface area contributed by atoms with Crippen molar-refractivity contribution in [1.82, 2.24) is 30.2 Å². The van der Waals surface area contributed by atoms with E-state index < -0.39 is 67.1 Å². The summed E-state index contributed by atoms with van der Waals surface area (Å²) < 4.78 is 71.2. The first kappa shape index (κ1) is 30.6. The Bertz CT molecular complexity index is 1620. The number of aromatic nitrogens is 2. The molecule has 0 radical (unpaired) electrons. The molecule has 2 aliphatic rings. The van der Waals surface area contributed by atoms with Crippen LogP contribution in [-0.2, 0) is 33.0 Å². The van der Waals surface area contributed by atoms with Crippen LogP contribution in [0.3, 0.4) is 0 Å². The van der Waals surface area contributed by atoms with Gasteiger partial charge in [0.05, 0.1) is 6.20 Å². The molecule has 5 rings (SSSR count). The van der Waals surface area contributed by atoms with Crippen molar-refractivity contribution in [2.24, 2.45) is 0 Å². The fraction of sp³-hybridized carbons (Fsp3) is 0.345. The lowest BCUT2D eigenvalue weighted by molar-refractivity contribution is -0.187. The predicted molar refractivity (Wildman–Crippen MR) is 145 cm³/mol. The van der Waals surface area contributed by atoms with Gasteiger partial charge in [-0.2, -0.15) is 18.3 Å². The van der Waals surface area contributed by atoms with E-state index in [2.05, 4.69) is 15.7 Å². The van der Waals surface area contributed by atoms with Crippen LogP contribution in [0.25, 0.3) is 11.1 Å². The van der Waals surface area contributed by atoms with Crippen LogP contribution >= 0.6 is 0 Å². The number of rotatable bonds is 8. The maximum absolute atomic E-state index is 15.4. The number of benzene rings is 2. The number of carbonyl (C=O) groups is 4. The molecule has 2 N–H and O–H groups in total. The highest BCUT2D eigenvalue weighted by Gasteiger charge is 2.59. The first-order valence-electron chi connectivity index (χ1n) is 13.5. The molecule has 0 saturated carbocycles. The van der Waals surface area contributed by atoms with Gasteiger partial charge in [-0.25, -0.2) is 13.6 Å². The molecule has 10 nitrogen and oxygen atoms in total. The number of fused-ring (bicyclic) bond motifs is 2. The molecular formula is C29H27F5N6O4. The molecule has 2 heterocycles. The summed E-state index contributed by atoms with van der Waals surface area (Å²) in [5.41, 5.74) is -0.277. The Morgan fingerprint density at radius 2 is 1.84 bits per heavy atom. The standard InChI is InChI=1S/C29H27F5N6O4/c1-16(29(32,33)34)39(12-17-3-6-20(30)7-4-17)25(42)15-40-26(43)28(37-27(40)44)10-23(31)21-9-18(5-8-22(21)28)19-11-36-38(13-19)14-24(41)35-2/h3-9,11,13,16,23H,10,12,14-15H2,1-2H3,(H,35,41)(H,37,44). The van der Waals surface area contributed by atoms with Gasteiger partial charge in [0.1, 0.15) is 36.7 Å². The summed E-state index contributed by atoms with van der Waals surface area (Å²) in [5, 5.41) is 9.06. The number of imide groups is 1. The van der Waals surface area contributed by atoms with Crippen molar-refractivity contribution >= 4 is 23.8 Å². The van der Waals surface area contributed by atoms with Crippen molar-refractivity contribution in [3.05, 3.63) is 77.4 Å². The van der Waals surface area contributed by atoms with E-state index in [-0.39, 0.29) is 29.1 Å². The van der Waals surface area contributed by atoms with Crippen LogP contribution < -0.4 is 10.6 Å². The Morgan fingerprint density at radius 3 is 2.50 bits per heavy atom. The van der Waals surface area contributed by atoms with Crippen molar-refractivity contribution in [3.8, 4) is 11.1 Å². The molecule has 3 aromatic rings. The number of carbonyl (C=O) groups excluding carboxylic acids is 4. The summed E-state index contributed by atoms with van der Waals surface area (Å²) in [7, 11) is 1.48. The molecule has 1 aliphatic carbocycles. The number of halogens is 5. The molecule has 1 spiro atoms. The molecule has 44 heavy (non-hydrogen) atoms. The van der Waals surface area contributed by atoms with Gasteiger partial charge in [0, 0.05) is 31.8 Å². The SMILES string of the molecule is CNC(=O)Cn1cc(-c2ccc3c(c2)C(F)CC32NC(=O)N(CC(=O)N(Cc3ccc(F)cc3)C(C)C(F)(F)F)C2=O)cn1. The smallest absolute Gasteiger partial charge is 0.358 e. The average Bonchev–Trinajstić information content (AvgIpc) is 3.62. The largest absolute Gasteiger partial charge is 0.408 e. The molecule has 1 saturated heterocycles. The third-order valence-corrected chi connectivity index (χ3v) is 7.88. The first-order chi connectivity index (χ1) is 20.7. The van der Waals surface area contributed by atoms with Gasteiger partial charge in [-0.1, -0.05) is 24.3 Å². The molecule has 0 bridgehead atoms. The zero-order chi connectivity index (χ0) is 32.0. The number of urea groups is 1. The van der Waals surface area contributed by atoms with E-state index in [1.54, 1.807) is 12.3 Å². The second-order valence-electron chi connectivity index (χ2n) is 10.7. The quantitative estimate of drug-likeness (QED) is 0.296. The zero-order valence-corrected chi connectivity index (χ0v) is 23.5. The third-order valence-electron chi connectivity index (χ3n) is 7.88. The molecule has 5 amide bonds. The van der Waals surface area contributed by atoms with Gasteiger partial charge in [0.15, 0.2) is 0 Å². The number of nitrogens with one attached hydrogen (secondary N) is 2. The second-order valence-corrected chi connectivity index (χ2v) is 10.7. The lowest BCUT2D eigenvalue weighted by Gasteiger charge is -2.32. The molecule has 232 valence electrons. The molecule has 1 fully saturated rings. The monoisotopic (exact) mass is 618 g/mol. The van der Waals surface area contributed by atoms with E-state index in [0.29, 0.717) is 20.9 Å². The number of amides is 5. The van der Waals surface area contributed by atoms with E-state index in [4.69, 9.17) is 0 Å². The normalized spacial score (nSPS) is 20.1. The van der Waals surface area contributed by atoms with E-state index in [0.717, 1.165) is 19.1 Å².